The second-order valence-corrected chi connectivity index (χ2v) is 9.10. The van der Waals surface area contributed by atoms with E-state index in [1.54, 1.807) is 6.07 Å². The molecule has 7 nitrogen and oxygen atoms in total. The van der Waals surface area contributed by atoms with Crippen LogP contribution in [0.2, 0.25) is 0 Å². The number of aromatic nitrogens is 1. The smallest absolute Gasteiger partial charge is 0.303 e. The number of carbonyl (C=O) groups is 1. The van der Waals surface area contributed by atoms with E-state index in [1.165, 1.54) is 4.31 Å². The van der Waals surface area contributed by atoms with Gasteiger partial charge in [-0.25, -0.2) is 12.7 Å². The normalized spacial score (nSPS) is 18.2. The first-order valence-electron chi connectivity index (χ1n) is 7.73. The number of aliphatic carboxylic acids is 1. The highest BCUT2D eigenvalue weighted by molar-refractivity contribution is 7.88. The Hall–Kier alpha value is -1.41. The van der Waals surface area contributed by atoms with Gasteiger partial charge in [-0.2, -0.15) is 0 Å². The number of carboxylic acid groups (broad SMARTS) is 1. The lowest BCUT2D eigenvalue weighted by Crippen LogP contribution is -2.39. The predicted molar refractivity (Wildman–Crippen MR) is 84.4 cm³/mol. The van der Waals surface area contributed by atoms with E-state index in [9.17, 15) is 13.2 Å². The lowest BCUT2D eigenvalue weighted by atomic mass is 9.93. The van der Waals surface area contributed by atoms with Crippen molar-refractivity contribution in [3.8, 4) is 0 Å². The summed E-state index contributed by atoms with van der Waals surface area (Å²) >= 11 is 0. The lowest BCUT2D eigenvalue weighted by molar-refractivity contribution is -0.138. The molecule has 8 heteroatoms. The first-order chi connectivity index (χ1) is 10.6. The van der Waals surface area contributed by atoms with Crippen LogP contribution in [-0.4, -0.2) is 42.0 Å². The van der Waals surface area contributed by atoms with Gasteiger partial charge in [0.25, 0.3) is 0 Å². The molecule has 1 N–H and O–H groups in total. The molecule has 0 radical (unpaired) electrons. The second kappa shape index (κ2) is 6.60. The summed E-state index contributed by atoms with van der Waals surface area (Å²) < 4.78 is 31.6. The Morgan fingerprint density at radius 2 is 2.00 bits per heavy atom. The van der Waals surface area contributed by atoms with Crippen LogP contribution in [0.1, 0.15) is 51.5 Å². The number of rotatable bonds is 5. The van der Waals surface area contributed by atoms with Gasteiger partial charge in [0.1, 0.15) is 17.2 Å². The third-order valence-electron chi connectivity index (χ3n) is 4.06. The molecule has 130 valence electrons. The van der Waals surface area contributed by atoms with E-state index < -0.39 is 16.0 Å². The van der Waals surface area contributed by atoms with Crippen LogP contribution in [-0.2, 0) is 26.0 Å². The molecular weight excluding hydrogens is 320 g/mol. The van der Waals surface area contributed by atoms with Crippen molar-refractivity contribution in [2.45, 2.75) is 51.2 Å². The van der Waals surface area contributed by atoms with Gasteiger partial charge in [-0.1, -0.05) is 25.9 Å². The number of sulfonamides is 1. The molecule has 1 aliphatic rings. The fourth-order valence-electron chi connectivity index (χ4n) is 2.65. The molecule has 1 aromatic rings. The molecule has 0 unspecified atom stereocenters. The zero-order valence-corrected chi connectivity index (χ0v) is 14.6. The van der Waals surface area contributed by atoms with Crippen molar-refractivity contribution >= 4 is 16.0 Å². The molecule has 0 atom stereocenters. The number of carboxylic acids is 1. The zero-order chi connectivity index (χ0) is 17.3. The minimum Gasteiger partial charge on any atom is -0.481 e. The van der Waals surface area contributed by atoms with Gasteiger partial charge in [0.15, 0.2) is 0 Å². The van der Waals surface area contributed by atoms with Gasteiger partial charge in [0, 0.05) is 31.0 Å². The van der Waals surface area contributed by atoms with Crippen molar-refractivity contribution in [3.63, 3.8) is 0 Å². The van der Waals surface area contributed by atoms with Crippen molar-refractivity contribution in [1.29, 1.82) is 0 Å². The summed E-state index contributed by atoms with van der Waals surface area (Å²) in [6.07, 6.45) is 1.27. The van der Waals surface area contributed by atoms with Crippen LogP contribution in [0.5, 0.6) is 0 Å². The molecular formula is C15H24N2O5S. The van der Waals surface area contributed by atoms with Crippen LogP contribution < -0.4 is 0 Å². The topological polar surface area (TPSA) is 101 Å². The predicted octanol–water partition coefficient (Wildman–Crippen LogP) is 1.99. The Labute approximate surface area is 136 Å². The molecule has 0 bridgehead atoms. The monoisotopic (exact) mass is 344 g/mol. The van der Waals surface area contributed by atoms with Gasteiger partial charge >= 0.3 is 5.97 Å². The number of hydrogen-bond donors (Lipinski definition) is 1. The molecule has 0 aliphatic carbocycles. The molecule has 1 saturated heterocycles. The summed E-state index contributed by atoms with van der Waals surface area (Å²) in [6, 6.07) is 1.69. The molecule has 1 aromatic heterocycles. The number of piperidine rings is 1. The van der Waals surface area contributed by atoms with Crippen molar-refractivity contribution in [2.75, 3.05) is 13.1 Å². The second-order valence-electron chi connectivity index (χ2n) is 7.13. The van der Waals surface area contributed by atoms with Crippen LogP contribution in [0, 0.1) is 5.92 Å². The molecule has 1 fully saturated rings. The Bertz CT molecular complexity index is 652. The van der Waals surface area contributed by atoms with Crippen molar-refractivity contribution in [2.24, 2.45) is 5.92 Å². The highest BCUT2D eigenvalue weighted by Crippen LogP contribution is 2.26. The summed E-state index contributed by atoms with van der Waals surface area (Å²) in [5.74, 6) is -0.305. The van der Waals surface area contributed by atoms with Crippen LogP contribution in [0.3, 0.4) is 0 Å². The van der Waals surface area contributed by atoms with E-state index in [0.29, 0.717) is 37.4 Å². The number of hydrogen-bond acceptors (Lipinski definition) is 5. The molecule has 0 aromatic carbocycles. The maximum absolute atomic E-state index is 12.5. The standard InChI is InChI=1S/C15H24N2O5S/c1-15(2,3)13-9-12(16-22-13)10-23(20,21)17-6-4-11(5-7-17)8-14(18)19/h9,11H,4-8,10H2,1-3H3,(H,18,19). The maximum Gasteiger partial charge on any atom is 0.303 e. The Morgan fingerprint density at radius 1 is 1.39 bits per heavy atom. The highest BCUT2D eigenvalue weighted by Gasteiger charge is 2.30. The zero-order valence-electron chi connectivity index (χ0n) is 13.8. The first kappa shape index (κ1) is 17.9. The van der Waals surface area contributed by atoms with Gasteiger partial charge in [0.2, 0.25) is 10.0 Å². The molecule has 23 heavy (non-hydrogen) atoms. The minimum atomic E-state index is -3.46. The fraction of sp³-hybridized carbons (Fsp3) is 0.733. The average molecular weight is 344 g/mol. The number of nitrogens with zero attached hydrogens (tertiary/aromatic N) is 2. The van der Waals surface area contributed by atoms with E-state index in [4.69, 9.17) is 9.63 Å². The van der Waals surface area contributed by atoms with Crippen molar-refractivity contribution in [1.82, 2.24) is 9.46 Å². The Morgan fingerprint density at radius 3 is 2.48 bits per heavy atom. The molecule has 0 saturated carbocycles. The van der Waals surface area contributed by atoms with Crippen molar-refractivity contribution in [3.05, 3.63) is 17.5 Å². The van der Waals surface area contributed by atoms with E-state index >= 15 is 0 Å². The summed E-state index contributed by atoms with van der Waals surface area (Å²) in [5, 5.41) is 12.7. The van der Waals surface area contributed by atoms with Gasteiger partial charge in [0.05, 0.1) is 0 Å². The van der Waals surface area contributed by atoms with Crippen molar-refractivity contribution < 1.29 is 22.8 Å². The molecule has 0 amide bonds. The van der Waals surface area contributed by atoms with Gasteiger partial charge in [-0.05, 0) is 18.8 Å². The minimum absolute atomic E-state index is 0.0542. The van der Waals surface area contributed by atoms with E-state index in [1.807, 2.05) is 20.8 Å². The molecule has 0 spiro atoms. The third-order valence-corrected chi connectivity index (χ3v) is 5.87. The largest absolute Gasteiger partial charge is 0.481 e. The van der Waals surface area contributed by atoms with E-state index in [-0.39, 0.29) is 23.5 Å². The van der Waals surface area contributed by atoms with E-state index in [0.717, 1.165) is 0 Å². The Kier molecular flexibility index (Phi) is 5.15. The average Bonchev–Trinajstić information content (AvgIpc) is 2.86. The van der Waals surface area contributed by atoms with Gasteiger partial charge in [-0.3, -0.25) is 4.79 Å². The fourth-order valence-corrected chi connectivity index (χ4v) is 4.11. The van der Waals surface area contributed by atoms with E-state index in [2.05, 4.69) is 5.16 Å². The summed E-state index contributed by atoms with van der Waals surface area (Å²) in [6.45, 7) is 6.64. The SMILES string of the molecule is CC(C)(C)c1cc(CS(=O)(=O)N2CCC(CC(=O)O)CC2)no1. The Balaban J connectivity index is 1.97. The highest BCUT2D eigenvalue weighted by atomic mass is 32.2. The molecule has 1 aliphatic heterocycles. The summed E-state index contributed by atoms with van der Waals surface area (Å²) in [5.41, 5.74) is 0.187. The van der Waals surface area contributed by atoms with Crippen LogP contribution in [0.4, 0.5) is 0 Å². The summed E-state index contributed by atoms with van der Waals surface area (Å²) in [4.78, 5) is 10.7. The molecule has 2 heterocycles. The van der Waals surface area contributed by atoms with Crippen LogP contribution in [0.15, 0.2) is 10.6 Å². The van der Waals surface area contributed by atoms with Crippen LogP contribution in [0.25, 0.3) is 0 Å². The lowest BCUT2D eigenvalue weighted by Gasteiger charge is -2.30. The van der Waals surface area contributed by atoms with Gasteiger partial charge < -0.3 is 9.63 Å². The maximum atomic E-state index is 12.5. The first-order valence-corrected chi connectivity index (χ1v) is 9.34. The molecule has 2 rings (SSSR count). The summed E-state index contributed by atoms with van der Waals surface area (Å²) in [7, 11) is -3.46. The quantitative estimate of drug-likeness (QED) is 0.876. The van der Waals surface area contributed by atoms with Gasteiger partial charge in [-0.15, -0.1) is 0 Å². The third kappa shape index (κ3) is 4.78. The van der Waals surface area contributed by atoms with Crippen LogP contribution >= 0.6 is 0 Å².